The largest absolute Gasteiger partial charge is 0.358 e. The summed E-state index contributed by atoms with van der Waals surface area (Å²) < 4.78 is 6.76. The summed E-state index contributed by atoms with van der Waals surface area (Å²) >= 11 is 5.88. The Labute approximate surface area is 121 Å². The summed E-state index contributed by atoms with van der Waals surface area (Å²) in [5, 5.41) is 0.639. The normalized spacial score (nSPS) is 10.7. The Morgan fingerprint density at radius 2 is 1.65 bits per heavy atom. The number of aryl methyl sites for hydroxylation is 1. The van der Waals surface area contributed by atoms with Gasteiger partial charge in [0.25, 0.3) is 0 Å². The van der Waals surface area contributed by atoms with Crippen LogP contribution in [0.3, 0.4) is 0 Å². The van der Waals surface area contributed by atoms with Gasteiger partial charge in [-0.25, -0.2) is 4.79 Å². The highest BCUT2D eigenvalue weighted by Crippen LogP contribution is 2.23. The zero-order valence-electron chi connectivity index (χ0n) is 10.8. The molecule has 0 bridgehead atoms. The van der Waals surface area contributed by atoms with Gasteiger partial charge < -0.3 is 4.52 Å². The Bertz CT molecular complexity index is 717. The average Bonchev–Trinajstić information content (AvgIpc) is 2.82. The topological polar surface area (TPSA) is 35.1 Å². The van der Waals surface area contributed by atoms with E-state index in [1.54, 1.807) is 12.1 Å². The van der Waals surface area contributed by atoms with E-state index < -0.39 is 0 Å². The Balaban J connectivity index is 2.15. The van der Waals surface area contributed by atoms with Crippen LogP contribution in [0.1, 0.15) is 5.56 Å². The Morgan fingerprint density at radius 1 is 1.00 bits per heavy atom. The molecule has 2 aromatic carbocycles. The van der Waals surface area contributed by atoms with Gasteiger partial charge in [-0.1, -0.05) is 41.4 Å². The molecule has 0 aliphatic heterocycles. The minimum atomic E-state index is -0.379. The summed E-state index contributed by atoms with van der Waals surface area (Å²) in [6.45, 7) is 2.02. The molecule has 0 spiro atoms. The van der Waals surface area contributed by atoms with Gasteiger partial charge in [0, 0.05) is 10.6 Å². The third kappa shape index (κ3) is 2.40. The molecule has 0 amide bonds. The van der Waals surface area contributed by atoms with E-state index in [1.165, 1.54) is 10.8 Å². The molecule has 0 atom stereocenters. The fraction of sp³-hybridized carbons (Fsp3) is 0.0625. The van der Waals surface area contributed by atoms with E-state index >= 15 is 0 Å². The Morgan fingerprint density at radius 3 is 2.30 bits per heavy atom. The first-order valence-electron chi connectivity index (χ1n) is 6.20. The summed E-state index contributed by atoms with van der Waals surface area (Å²) in [7, 11) is 0. The second-order valence-electron chi connectivity index (χ2n) is 4.58. The molecule has 3 nitrogen and oxygen atoms in total. The zero-order chi connectivity index (χ0) is 14.1. The molecule has 0 saturated carbocycles. The number of nitrogens with zero attached hydrogens (tertiary/aromatic N) is 1. The quantitative estimate of drug-likeness (QED) is 0.712. The minimum Gasteiger partial charge on any atom is -0.331 e. The first-order valence-corrected chi connectivity index (χ1v) is 6.58. The number of benzene rings is 2. The first kappa shape index (κ1) is 12.8. The summed E-state index contributed by atoms with van der Waals surface area (Å²) in [6, 6.07) is 16.5. The average molecular weight is 286 g/mol. The maximum Gasteiger partial charge on any atom is 0.358 e. The van der Waals surface area contributed by atoms with Crippen molar-refractivity contribution in [2.24, 2.45) is 0 Å². The molecule has 0 N–H and O–H groups in total. The molecule has 0 aliphatic carbocycles. The standard InChI is InChI=1S/C16H12ClNO2/c1-11-2-4-12(5-3-11)15-10-16(19)20-18(15)14-8-6-13(17)7-9-14/h2-10H,1H3. The van der Waals surface area contributed by atoms with Crippen molar-refractivity contribution in [3.8, 4) is 16.9 Å². The predicted octanol–water partition coefficient (Wildman–Crippen LogP) is 4.06. The smallest absolute Gasteiger partial charge is 0.331 e. The van der Waals surface area contributed by atoms with Crippen LogP contribution in [0, 0.1) is 6.92 Å². The monoisotopic (exact) mass is 285 g/mol. The van der Waals surface area contributed by atoms with Crippen molar-refractivity contribution in [2.45, 2.75) is 6.92 Å². The molecule has 100 valence electrons. The molecule has 3 rings (SSSR count). The Hall–Kier alpha value is -2.26. The molecule has 4 heteroatoms. The van der Waals surface area contributed by atoms with Crippen LogP contribution in [0.4, 0.5) is 0 Å². The van der Waals surface area contributed by atoms with E-state index in [-0.39, 0.29) is 5.63 Å². The number of aromatic nitrogens is 1. The fourth-order valence-electron chi connectivity index (χ4n) is 2.03. The molecular weight excluding hydrogens is 274 g/mol. The molecule has 0 fully saturated rings. The van der Waals surface area contributed by atoms with Crippen LogP contribution in [0.15, 0.2) is 63.9 Å². The predicted molar refractivity (Wildman–Crippen MR) is 79.5 cm³/mol. The summed E-state index contributed by atoms with van der Waals surface area (Å²) in [4.78, 5) is 11.6. The van der Waals surface area contributed by atoms with Gasteiger partial charge in [0.05, 0.1) is 17.4 Å². The maximum absolute atomic E-state index is 11.6. The number of hydrogen-bond donors (Lipinski definition) is 0. The van der Waals surface area contributed by atoms with Crippen LogP contribution in [-0.4, -0.2) is 4.74 Å². The minimum absolute atomic E-state index is 0.379. The highest BCUT2D eigenvalue weighted by atomic mass is 35.5. The van der Waals surface area contributed by atoms with Crippen molar-refractivity contribution >= 4 is 11.6 Å². The van der Waals surface area contributed by atoms with Crippen LogP contribution >= 0.6 is 11.6 Å². The zero-order valence-corrected chi connectivity index (χ0v) is 11.6. The van der Waals surface area contributed by atoms with Crippen molar-refractivity contribution in [3.05, 3.63) is 75.6 Å². The molecular formula is C16H12ClNO2. The summed E-state index contributed by atoms with van der Waals surface area (Å²) in [5.74, 6) is 0. The number of hydrogen-bond acceptors (Lipinski definition) is 2. The Kier molecular flexibility index (Phi) is 3.20. The van der Waals surface area contributed by atoms with Crippen LogP contribution in [0.2, 0.25) is 5.02 Å². The lowest BCUT2D eigenvalue weighted by molar-refractivity contribution is 0.326. The van der Waals surface area contributed by atoms with Gasteiger partial charge in [0.2, 0.25) is 0 Å². The van der Waals surface area contributed by atoms with Crippen molar-refractivity contribution < 1.29 is 4.52 Å². The summed E-state index contributed by atoms with van der Waals surface area (Å²) in [6.07, 6.45) is 0. The first-order chi connectivity index (χ1) is 9.63. The molecule has 3 aromatic rings. The van der Waals surface area contributed by atoms with E-state index in [0.29, 0.717) is 5.02 Å². The molecule has 0 unspecified atom stereocenters. The van der Waals surface area contributed by atoms with Gasteiger partial charge in [-0.15, -0.1) is 0 Å². The van der Waals surface area contributed by atoms with Crippen molar-refractivity contribution in [1.29, 1.82) is 0 Å². The third-order valence-corrected chi connectivity index (χ3v) is 3.32. The van der Waals surface area contributed by atoms with Crippen LogP contribution in [-0.2, 0) is 0 Å². The van der Waals surface area contributed by atoms with Gasteiger partial charge in [-0.05, 0) is 31.2 Å². The van der Waals surface area contributed by atoms with Crippen LogP contribution in [0.25, 0.3) is 16.9 Å². The SMILES string of the molecule is Cc1ccc(-c2cc(=O)on2-c2ccc(Cl)cc2)cc1. The fourth-order valence-corrected chi connectivity index (χ4v) is 2.15. The van der Waals surface area contributed by atoms with Gasteiger partial charge in [0.15, 0.2) is 0 Å². The molecule has 20 heavy (non-hydrogen) atoms. The number of rotatable bonds is 2. The lowest BCUT2D eigenvalue weighted by atomic mass is 10.1. The van der Waals surface area contributed by atoms with Gasteiger partial charge in [-0.2, -0.15) is 4.74 Å². The van der Waals surface area contributed by atoms with Gasteiger partial charge in [-0.3, -0.25) is 0 Å². The second-order valence-corrected chi connectivity index (χ2v) is 5.01. The van der Waals surface area contributed by atoms with Gasteiger partial charge in [0.1, 0.15) is 0 Å². The lowest BCUT2D eigenvalue weighted by Gasteiger charge is -2.06. The van der Waals surface area contributed by atoms with Crippen molar-refractivity contribution in [3.63, 3.8) is 0 Å². The van der Waals surface area contributed by atoms with Crippen molar-refractivity contribution in [1.82, 2.24) is 4.74 Å². The van der Waals surface area contributed by atoms with E-state index in [2.05, 4.69) is 0 Å². The van der Waals surface area contributed by atoms with E-state index in [1.807, 2.05) is 43.3 Å². The van der Waals surface area contributed by atoms with Crippen molar-refractivity contribution in [2.75, 3.05) is 0 Å². The summed E-state index contributed by atoms with van der Waals surface area (Å²) in [5.41, 5.74) is 3.19. The van der Waals surface area contributed by atoms with E-state index in [9.17, 15) is 4.79 Å². The number of halogens is 1. The highest BCUT2D eigenvalue weighted by Gasteiger charge is 2.11. The maximum atomic E-state index is 11.6. The molecule has 1 aromatic heterocycles. The molecule has 0 aliphatic rings. The van der Waals surface area contributed by atoms with E-state index in [4.69, 9.17) is 16.1 Å². The van der Waals surface area contributed by atoms with Crippen LogP contribution < -0.4 is 5.63 Å². The third-order valence-electron chi connectivity index (χ3n) is 3.06. The second kappa shape index (κ2) is 5.02. The van der Waals surface area contributed by atoms with E-state index in [0.717, 1.165) is 22.5 Å². The lowest BCUT2D eigenvalue weighted by Crippen LogP contribution is -1.96. The molecule has 0 saturated heterocycles. The molecule has 1 heterocycles. The molecule has 0 radical (unpaired) electrons. The van der Waals surface area contributed by atoms with Crippen LogP contribution in [0.5, 0.6) is 0 Å². The van der Waals surface area contributed by atoms with Gasteiger partial charge >= 0.3 is 5.63 Å². The highest BCUT2D eigenvalue weighted by molar-refractivity contribution is 6.30.